The van der Waals surface area contributed by atoms with Crippen molar-refractivity contribution in [1.29, 1.82) is 0 Å². The normalized spacial score (nSPS) is 10.4. The molecular formula is C17H15BrN4O2. The molecule has 2 N–H and O–H groups in total. The van der Waals surface area contributed by atoms with Crippen LogP contribution in [-0.2, 0) is 6.54 Å². The molecule has 1 amide bonds. The lowest BCUT2D eigenvalue weighted by molar-refractivity contribution is 0.0947. The molecular weight excluding hydrogens is 372 g/mol. The van der Waals surface area contributed by atoms with Gasteiger partial charge in [0.05, 0.1) is 18.4 Å². The summed E-state index contributed by atoms with van der Waals surface area (Å²) in [5.74, 6) is 0.866. The molecule has 0 saturated heterocycles. The van der Waals surface area contributed by atoms with Crippen LogP contribution in [0.15, 0.2) is 57.9 Å². The fourth-order valence-corrected chi connectivity index (χ4v) is 2.29. The van der Waals surface area contributed by atoms with Crippen LogP contribution in [0.25, 0.3) is 0 Å². The molecule has 0 radical (unpaired) electrons. The van der Waals surface area contributed by atoms with Crippen molar-refractivity contribution in [2.75, 3.05) is 5.32 Å². The highest BCUT2D eigenvalue weighted by Gasteiger charge is 2.08. The van der Waals surface area contributed by atoms with E-state index in [1.807, 2.05) is 25.1 Å². The Labute approximate surface area is 147 Å². The quantitative estimate of drug-likeness (QED) is 0.696. The van der Waals surface area contributed by atoms with Crippen molar-refractivity contribution in [3.8, 4) is 0 Å². The van der Waals surface area contributed by atoms with E-state index in [4.69, 9.17) is 4.42 Å². The van der Waals surface area contributed by atoms with Crippen molar-refractivity contribution in [3.05, 3.63) is 70.3 Å². The lowest BCUT2D eigenvalue weighted by Gasteiger charge is -2.07. The molecule has 2 aromatic heterocycles. The second kappa shape index (κ2) is 7.27. The van der Waals surface area contributed by atoms with Crippen molar-refractivity contribution < 1.29 is 9.21 Å². The number of nitrogens with one attached hydrogen (secondary N) is 2. The SMILES string of the molecule is Cc1cc(Nc2ncc(C(=O)NCc3ccco3)cn2)ccc1Br. The fourth-order valence-electron chi connectivity index (χ4n) is 2.04. The Kier molecular flexibility index (Phi) is 4.90. The van der Waals surface area contributed by atoms with Gasteiger partial charge >= 0.3 is 0 Å². The van der Waals surface area contributed by atoms with Crippen LogP contribution in [0.3, 0.4) is 0 Å². The van der Waals surface area contributed by atoms with E-state index < -0.39 is 0 Å². The van der Waals surface area contributed by atoms with Gasteiger partial charge in [0.1, 0.15) is 5.76 Å². The first kappa shape index (κ1) is 16.2. The van der Waals surface area contributed by atoms with Crippen LogP contribution in [0.2, 0.25) is 0 Å². The molecule has 0 spiro atoms. The van der Waals surface area contributed by atoms with Crippen LogP contribution in [0.5, 0.6) is 0 Å². The number of halogens is 1. The molecule has 0 aliphatic heterocycles. The summed E-state index contributed by atoms with van der Waals surface area (Å²) < 4.78 is 6.20. The van der Waals surface area contributed by atoms with Crippen LogP contribution in [0, 0.1) is 6.92 Å². The zero-order valence-corrected chi connectivity index (χ0v) is 14.5. The van der Waals surface area contributed by atoms with E-state index in [1.165, 1.54) is 12.4 Å². The first-order valence-electron chi connectivity index (χ1n) is 7.27. The van der Waals surface area contributed by atoms with Gasteiger partial charge in [0.25, 0.3) is 5.91 Å². The molecule has 7 heteroatoms. The van der Waals surface area contributed by atoms with Gasteiger partial charge in [-0.05, 0) is 42.8 Å². The van der Waals surface area contributed by atoms with Crippen LogP contribution >= 0.6 is 15.9 Å². The van der Waals surface area contributed by atoms with E-state index in [9.17, 15) is 4.79 Å². The standard InChI is InChI=1S/C17H15BrN4O2/c1-11-7-13(4-5-15(11)18)22-17-20-8-12(9-21-17)16(23)19-10-14-3-2-6-24-14/h2-9H,10H2,1H3,(H,19,23)(H,20,21,22). The Morgan fingerprint density at radius 3 is 2.71 bits per heavy atom. The van der Waals surface area contributed by atoms with Crippen LogP contribution in [0.4, 0.5) is 11.6 Å². The third kappa shape index (κ3) is 3.99. The van der Waals surface area contributed by atoms with Crippen molar-refractivity contribution in [1.82, 2.24) is 15.3 Å². The third-order valence-electron chi connectivity index (χ3n) is 3.33. The minimum atomic E-state index is -0.252. The number of carbonyl (C=O) groups is 1. The molecule has 122 valence electrons. The molecule has 0 bridgehead atoms. The monoisotopic (exact) mass is 386 g/mol. The van der Waals surface area contributed by atoms with E-state index in [2.05, 4.69) is 36.5 Å². The molecule has 3 aromatic rings. The van der Waals surface area contributed by atoms with Gasteiger partial charge in [-0.15, -0.1) is 0 Å². The molecule has 0 unspecified atom stereocenters. The molecule has 24 heavy (non-hydrogen) atoms. The lowest BCUT2D eigenvalue weighted by Crippen LogP contribution is -2.22. The highest BCUT2D eigenvalue weighted by Crippen LogP contribution is 2.21. The van der Waals surface area contributed by atoms with E-state index in [0.29, 0.717) is 23.8 Å². The molecule has 0 fully saturated rings. The highest BCUT2D eigenvalue weighted by molar-refractivity contribution is 9.10. The summed E-state index contributed by atoms with van der Waals surface area (Å²) >= 11 is 3.46. The number of hydrogen-bond acceptors (Lipinski definition) is 5. The van der Waals surface area contributed by atoms with Crippen LogP contribution in [0.1, 0.15) is 21.7 Å². The summed E-state index contributed by atoms with van der Waals surface area (Å²) in [6.07, 6.45) is 4.53. The maximum atomic E-state index is 12.0. The summed E-state index contributed by atoms with van der Waals surface area (Å²) in [5, 5.41) is 5.85. The second-order valence-electron chi connectivity index (χ2n) is 5.15. The Hall–Kier alpha value is -2.67. The summed E-state index contributed by atoms with van der Waals surface area (Å²) in [6.45, 7) is 2.33. The highest BCUT2D eigenvalue weighted by atomic mass is 79.9. The van der Waals surface area contributed by atoms with E-state index >= 15 is 0 Å². The molecule has 1 aromatic carbocycles. The smallest absolute Gasteiger partial charge is 0.254 e. The Balaban J connectivity index is 1.62. The molecule has 0 aliphatic rings. The number of carbonyl (C=O) groups excluding carboxylic acids is 1. The summed E-state index contributed by atoms with van der Waals surface area (Å²) in [4.78, 5) is 20.4. The van der Waals surface area contributed by atoms with Crippen molar-refractivity contribution in [3.63, 3.8) is 0 Å². The third-order valence-corrected chi connectivity index (χ3v) is 4.22. The van der Waals surface area contributed by atoms with E-state index in [-0.39, 0.29) is 5.91 Å². The number of hydrogen-bond donors (Lipinski definition) is 2. The molecule has 2 heterocycles. The average Bonchev–Trinajstić information content (AvgIpc) is 3.10. The van der Waals surface area contributed by atoms with Gasteiger partial charge in [-0.2, -0.15) is 0 Å². The molecule has 0 atom stereocenters. The number of nitrogens with zero attached hydrogens (tertiary/aromatic N) is 2. The van der Waals surface area contributed by atoms with Crippen molar-refractivity contribution in [2.24, 2.45) is 0 Å². The Morgan fingerprint density at radius 2 is 2.04 bits per heavy atom. The van der Waals surface area contributed by atoms with E-state index in [0.717, 1.165) is 15.7 Å². The number of aromatic nitrogens is 2. The van der Waals surface area contributed by atoms with Gasteiger partial charge in [-0.1, -0.05) is 15.9 Å². The molecule has 0 aliphatic carbocycles. The maximum absolute atomic E-state index is 12.0. The zero-order valence-electron chi connectivity index (χ0n) is 12.9. The number of rotatable bonds is 5. The number of amides is 1. The molecule has 6 nitrogen and oxygen atoms in total. The summed E-state index contributed by atoms with van der Waals surface area (Å²) in [5.41, 5.74) is 2.37. The van der Waals surface area contributed by atoms with Gasteiger partial charge in [0.15, 0.2) is 0 Å². The number of aryl methyl sites for hydroxylation is 1. The Bertz CT molecular complexity index is 832. The predicted molar refractivity (Wildman–Crippen MR) is 94.1 cm³/mol. The second-order valence-corrected chi connectivity index (χ2v) is 6.00. The van der Waals surface area contributed by atoms with E-state index in [1.54, 1.807) is 18.4 Å². The lowest BCUT2D eigenvalue weighted by atomic mass is 10.2. The van der Waals surface area contributed by atoms with Crippen molar-refractivity contribution >= 4 is 33.5 Å². The summed E-state index contributed by atoms with van der Waals surface area (Å²) in [7, 11) is 0. The van der Waals surface area contributed by atoms with Gasteiger partial charge < -0.3 is 15.1 Å². The van der Waals surface area contributed by atoms with Gasteiger partial charge in [0.2, 0.25) is 5.95 Å². The van der Waals surface area contributed by atoms with Crippen molar-refractivity contribution in [2.45, 2.75) is 13.5 Å². The summed E-state index contributed by atoms with van der Waals surface area (Å²) in [6, 6.07) is 9.43. The predicted octanol–water partition coefficient (Wildman–Crippen LogP) is 3.81. The minimum absolute atomic E-state index is 0.252. The van der Waals surface area contributed by atoms with Crippen LogP contribution < -0.4 is 10.6 Å². The number of anilines is 2. The maximum Gasteiger partial charge on any atom is 0.254 e. The first-order valence-corrected chi connectivity index (χ1v) is 8.07. The van der Waals surface area contributed by atoms with Gasteiger partial charge in [-0.3, -0.25) is 4.79 Å². The Morgan fingerprint density at radius 1 is 1.25 bits per heavy atom. The fraction of sp³-hybridized carbons (Fsp3) is 0.118. The average molecular weight is 387 g/mol. The zero-order chi connectivity index (χ0) is 16.9. The van der Waals surface area contributed by atoms with Gasteiger partial charge in [-0.25, -0.2) is 9.97 Å². The largest absolute Gasteiger partial charge is 0.467 e. The topological polar surface area (TPSA) is 80.0 Å². The van der Waals surface area contributed by atoms with Gasteiger partial charge in [0, 0.05) is 22.6 Å². The number of benzene rings is 1. The number of furan rings is 1. The van der Waals surface area contributed by atoms with Crippen LogP contribution in [-0.4, -0.2) is 15.9 Å². The molecule has 0 saturated carbocycles. The first-order chi connectivity index (χ1) is 11.6. The minimum Gasteiger partial charge on any atom is -0.467 e. The molecule has 3 rings (SSSR count).